The molecule has 0 bridgehead atoms. The molecule has 0 amide bonds. The van der Waals surface area contributed by atoms with Crippen molar-refractivity contribution in [3.8, 4) is 0 Å². The zero-order valence-electron chi connectivity index (χ0n) is 10.7. The summed E-state index contributed by atoms with van der Waals surface area (Å²) in [6.07, 6.45) is 3.25. The van der Waals surface area contributed by atoms with E-state index in [1.807, 2.05) is 11.8 Å². The van der Waals surface area contributed by atoms with E-state index < -0.39 is 0 Å². The second kappa shape index (κ2) is 7.56. The average molecular weight is 268 g/mol. The molecule has 1 aromatic rings. The Morgan fingerprint density at radius 1 is 1.24 bits per heavy atom. The molecule has 94 valence electrons. The summed E-state index contributed by atoms with van der Waals surface area (Å²) in [5, 5.41) is 7.13. The summed E-state index contributed by atoms with van der Waals surface area (Å²) in [7, 11) is 0. The predicted molar refractivity (Wildman–Crippen MR) is 83.1 cm³/mol. The number of anilines is 1. The Labute approximate surface area is 114 Å². The van der Waals surface area contributed by atoms with E-state index in [0.717, 1.165) is 18.7 Å². The molecule has 0 aliphatic carbocycles. The summed E-state index contributed by atoms with van der Waals surface area (Å²) in [6, 6.07) is 6.35. The Bertz CT molecular complexity index is 357. The minimum atomic E-state index is 0.705. The fraction of sp³-hybridized carbons (Fsp3) is 0.462. The van der Waals surface area contributed by atoms with Crippen molar-refractivity contribution in [1.82, 2.24) is 5.32 Å². The third-order valence-corrected chi connectivity index (χ3v) is 3.23. The number of hydrogen-bond acceptors (Lipinski definition) is 2. The molecule has 0 fully saturated rings. The molecule has 2 N–H and O–H groups in total. The van der Waals surface area contributed by atoms with Crippen LogP contribution in [0.1, 0.15) is 17.5 Å². The van der Waals surface area contributed by atoms with Gasteiger partial charge in [-0.15, -0.1) is 0 Å². The van der Waals surface area contributed by atoms with E-state index in [0.29, 0.717) is 5.11 Å². The van der Waals surface area contributed by atoms with Crippen LogP contribution in [0.25, 0.3) is 0 Å². The smallest absolute Gasteiger partial charge is 0.170 e. The van der Waals surface area contributed by atoms with Crippen molar-refractivity contribution < 1.29 is 0 Å². The molecule has 1 rings (SSSR count). The van der Waals surface area contributed by atoms with Gasteiger partial charge in [-0.05, 0) is 67.8 Å². The van der Waals surface area contributed by atoms with Crippen molar-refractivity contribution >= 4 is 34.8 Å². The number of rotatable bonds is 5. The predicted octanol–water partition coefficient (Wildman–Crippen LogP) is 3.34. The minimum absolute atomic E-state index is 0.705. The van der Waals surface area contributed by atoms with Crippen molar-refractivity contribution in [1.29, 1.82) is 0 Å². The van der Waals surface area contributed by atoms with Crippen molar-refractivity contribution in [2.45, 2.75) is 20.3 Å². The number of hydrogen-bond donors (Lipinski definition) is 2. The Morgan fingerprint density at radius 3 is 2.47 bits per heavy atom. The SMILES string of the molecule is CSCCCNC(=S)Nc1cc(C)cc(C)c1. The molecule has 4 heteroatoms. The molecule has 0 aliphatic rings. The van der Waals surface area contributed by atoms with Gasteiger partial charge in [0, 0.05) is 12.2 Å². The molecule has 0 aliphatic heterocycles. The van der Waals surface area contributed by atoms with Gasteiger partial charge in [-0.2, -0.15) is 11.8 Å². The summed E-state index contributed by atoms with van der Waals surface area (Å²) < 4.78 is 0. The maximum atomic E-state index is 5.24. The molecule has 0 spiro atoms. The highest BCUT2D eigenvalue weighted by molar-refractivity contribution is 7.98. The largest absolute Gasteiger partial charge is 0.362 e. The van der Waals surface area contributed by atoms with Crippen molar-refractivity contribution in [3.05, 3.63) is 29.3 Å². The first-order valence-corrected chi connectivity index (χ1v) is 7.54. The summed E-state index contributed by atoms with van der Waals surface area (Å²) in [6.45, 7) is 5.11. The first kappa shape index (κ1) is 14.3. The highest BCUT2D eigenvalue weighted by Crippen LogP contribution is 2.13. The summed E-state index contributed by atoms with van der Waals surface area (Å²) in [5.74, 6) is 1.17. The van der Waals surface area contributed by atoms with Gasteiger partial charge in [0.05, 0.1) is 0 Å². The Balaban J connectivity index is 2.39. The Kier molecular flexibility index (Phi) is 6.37. The second-order valence-corrected chi connectivity index (χ2v) is 5.50. The molecule has 0 radical (unpaired) electrons. The average Bonchev–Trinajstić information content (AvgIpc) is 2.23. The van der Waals surface area contributed by atoms with Crippen LogP contribution in [-0.4, -0.2) is 23.7 Å². The zero-order chi connectivity index (χ0) is 12.7. The van der Waals surface area contributed by atoms with Gasteiger partial charge >= 0.3 is 0 Å². The van der Waals surface area contributed by atoms with E-state index in [4.69, 9.17) is 12.2 Å². The third kappa shape index (κ3) is 5.94. The van der Waals surface area contributed by atoms with Crippen LogP contribution in [0.5, 0.6) is 0 Å². The van der Waals surface area contributed by atoms with Gasteiger partial charge in [0.15, 0.2) is 5.11 Å². The summed E-state index contributed by atoms with van der Waals surface area (Å²) >= 11 is 7.10. The molecular formula is C13H20N2S2. The van der Waals surface area contributed by atoms with E-state index in [1.54, 1.807) is 0 Å². The van der Waals surface area contributed by atoms with Crippen molar-refractivity contribution in [3.63, 3.8) is 0 Å². The molecule has 0 unspecified atom stereocenters. The van der Waals surface area contributed by atoms with Gasteiger partial charge in [-0.1, -0.05) is 6.07 Å². The van der Waals surface area contributed by atoms with Gasteiger partial charge in [0.2, 0.25) is 0 Å². The lowest BCUT2D eigenvalue weighted by Crippen LogP contribution is -2.29. The maximum absolute atomic E-state index is 5.24. The molecule has 0 aromatic heterocycles. The molecular weight excluding hydrogens is 248 g/mol. The maximum Gasteiger partial charge on any atom is 0.170 e. The topological polar surface area (TPSA) is 24.1 Å². The van der Waals surface area contributed by atoms with E-state index >= 15 is 0 Å². The standard InChI is InChI=1S/C13H20N2S2/c1-10-7-11(2)9-12(8-10)15-13(16)14-5-4-6-17-3/h7-9H,4-6H2,1-3H3,(H2,14,15,16). The first-order valence-electron chi connectivity index (χ1n) is 5.74. The number of thiocarbonyl (C=S) groups is 1. The third-order valence-electron chi connectivity index (χ3n) is 2.29. The molecule has 0 saturated carbocycles. The lowest BCUT2D eigenvalue weighted by atomic mass is 10.1. The highest BCUT2D eigenvalue weighted by atomic mass is 32.2. The zero-order valence-corrected chi connectivity index (χ0v) is 12.3. The monoisotopic (exact) mass is 268 g/mol. The molecule has 1 aromatic carbocycles. The summed E-state index contributed by atoms with van der Waals surface area (Å²) in [4.78, 5) is 0. The fourth-order valence-corrected chi connectivity index (χ4v) is 2.29. The second-order valence-electron chi connectivity index (χ2n) is 4.10. The number of thioether (sulfide) groups is 1. The van der Waals surface area contributed by atoms with Gasteiger partial charge in [0.1, 0.15) is 0 Å². The van der Waals surface area contributed by atoms with Crippen LogP contribution in [0.2, 0.25) is 0 Å². The quantitative estimate of drug-likeness (QED) is 0.632. The van der Waals surface area contributed by atoms with E-state index in [-0.39, 0.29) is 0 Å². The van der Waals surface area contributed by atoms with Crippen molar-refractivity contribution in [2.24, 2.45) is 0 Å². The van der Waals surface area contributed by atoms with Crippen molar-refractivity contribution in [2.75, 3.05) is 23.9 Å². The van der Waals surface area contributed by atoms with Gasteiger partial charge in [-0.3, -0.25) is 0 Å². The van der Waals surface area contributed by atoms with E-state index in [1.165, 1.54) is 16.9 Å². The van der Waals surface area contributed by atoms with Crippen LogP contribution in [0.15, 0.2) is 18.2 Å². The van der Waals surface area contributed by atoms with Gasteiger partial charge in [0.25, 0.3) is 0 Å². The fourth-order valence-electron chi connectivity index (χ4n) is 1.64. The lowest BCUT2D eigenvalue weighted by Gasteiger charge is -2.11. The van der Waals surface area contributed by atoms with E-state index in [9.17, 15) is 0 Å². The van der Waals surface area contributed by atoms with Crippen LogP contribution < -0.4 is 10.6 Å². The first-order chi connectivity index (χ1) is 8.11. The van der Waals surface area contributed by atoms with Crippen LogP contribution >= 0.6 is 24.0 Å². The van der Waals surface area contributed by atoms with Gasteiger partial charge in [-0.25, -0.2) is 0 Å². The molecule has 0 atom stereocenters. The Morgan fingerprint density at radius 2 is 1.88 bits per heavy atom. The van der Waals surface area contributed by atoms with E-state index in [2.05, 4.69) is 48.9 Å². The van der Waals surface area contributed by atoms with Crippen LogP contribution in [0.4, 0.5) is 5.69 Å². The van der Waals surface area contributed by atoms with Gasteiger partial charge < -0.3 is 10.6 Å². The minimum Gasteiger partial charge on any atom is -0.362 e. The number of benzene rings is 1. The van der Waals surface area contributed by atoms with Crippen LogP contribution in [-0.2, 0) is 0 Å². The number of nitrogens with one attached hydrogen (secondary N) is 2. The summed E-state index contributed by atoms with van der Waals surface area (Å²) in [5.41, 5.74) is 3.56. The Hall–Kier alpha value is -0.740. The molecule has 2 nitrogen and oxygen atoms in total. The van der Waals surface area contributed by atoms with Crippen LogP contribution in [0, 0.1) is 13.8 Å². The lowest BCUT2D eigenvalue weighted by molar-refractivity contribution is 0.855. The molecule has 17 heavy (non-hydrogen) atoms. The number of aryl methyl sites for hydroxylation is 2. The van der Waals surface area contributed by atoms with Crippen LogP contribution in [0.3, 0.4) is 0 Å². The highest BCUT2D eigenvalue weighted by Gasteiger charge is 1.98. The molecule has 0 heterocycles. The normalized spacial score (nSPS) is 10.1. The molecule has 0 saturated heterocycles.